The highest BCUT2D eigenvalue weighted by Crippen LogP contribution is 2.27. The second-order valence-electron chi connectivity index (χ2n) is 8.17. The Kier molecular flexibility index (Phi) is 6.32. The van der Waals surface area contributed by atoms with Crippen LogP contribution in [-0.4, -0.2) is 25.8 Å². The fraction of sp³-hybridized carbons (Fsp3) is 0.417. The summed E-state index contributed by atoms with van der Waals surface area (Å²) in [6, 6.07) is 12.1. The number of amides is 1. The summed E-state index contributed by atoms with van der Waals surface area (Å²) in [5.41, 5.74) is 4.69. The predicted octanol–water partition coefficient (Wildman–Crippen LogP) is 4.77. The van der Waals surface area contributed by atoms with Gasteiger partial charge in [-0.3, -0.25) is 9.48 Å². The normalized spacial score (nSPS) is 13.1. The molecule has 0 bridgehead atoms. The maximum atomic E-state index is 13.3. The van der Waals surface area contributed by atoms with Crippen molar-refractivity contribution >= 4 is 17.7 Å². The van der Waals surface area contributed by atoms with Crippen molar-refractivity contribution in [2.24, 2.45) is 7.05 Å². The van der Waals surface area contributed by atoms with E-state index in [4.69, 9.17) is 9.52 Å². The first kappa shape index (κ1) is 20.8. The highest BCUT2D eigenvalue weighted by molar-refractivity contribution is 7.99. The van der Waals surface area contributed by atoms with Gasteiger partial charge in [0.15, 0.2) is 0 Å². The molecule has 1 amide bonds. The Morgan fingerprint density at radius 2 is 2.00 bits per heavy atom. The van der Waals surface area contributed by atoms with Crippen molar-refractivity contribution in [1.82, 2.24) is 14.7 Å². The maximum absolute atomic E-state index is 13.3. The van der Waals surface area contributed by atoms with E-state index in [1.54, 1.807) is 6.26 Å². The first-order valence-corrected chi connectivity index (χ1v) is 11.5. The van der Waals surface area contributed by atoms with Crippen LogP contribution in [0.15, 0.2) is 52.0 Å². The molecular formula is C24H29N3O2S. The summed E-state index contributed by atoms with van der Waals surface area (Å²) in [4.78, 5) is 16.4. The molecule has 0 spiro atoms. The molecule has 0 saturated heterocycles. The zero-order valence-corrected chi connectivity index (χ0v) is 18.7. The minimum atomic E-state index is 0.0908. The zero-order valence-electron chi connectivity index (χ0n) is 17.9. The largest absolute Gasteiger partial charge is 0.467 e. The first-order valence-electron chi connectivity index (χ1n) is 10.6. The standard InChI is InChI=1S/C24H29N3O2S/c1-17(2)30-20-11-9-18(10-12-20)14-24(28)27(15-19-6-5-13-29-19)16-22-21-7-4-8-23(21)26(3)25-22/h5-6,9-13,17H,4,7-8,14-16H2,1-3H3. The van der Waals surface area contributed by atoms with Crippen LogP contribution in [0.1, 0.15) is 48.5 Å². The molecular weight excluding hydrogens is 394 g/mol. The van der Waals surface area contributed by atoms with Gasteiger partial charge >= 0.3 is 0 Å². The fourth-order valence-corrected chi connectivity index (χ4v) is 4.91. The van der Waals surface area contributed by atoms with Crippen molar-refractivity contribution < 1.29 is 9.21 Å². The van der Waals surface area contributed by atoms with Crippen molar-refractivity contribution in [3.8, 4) is 0 Å². The molecule has 2 heterocycles. The third-order valence-corrected chi connectivity index (χ3v) is 6.48. The molecule has 0 unspecified atom stereocenters. The third-order valence-electron chi connectivity index (χ3n) is 5.47. The van der Waals surface area contributed by atoms with Gasteiger partial charge in [-0.15, -0.1) is 11.8 Å². The van der Waals surface area contributed by atoms with Gasteiger partial charge < -0.3 is 9.32 Å². The van der Waals surface area contributed by atoms with Gasteiger partial charge in [0.25, 0.3) is 0 Å². The van der Waals surface area contributed by atoms with E-state index >= 15 is 0 Å². The highest BCUT2D eigenvalue weighted by atomic mass is 32.2. The van der Waals surface area contributed by atoms with Crippen LogP contribution in [0.4, 0.5) is 0 Å². The number of nitrogens with zero attached hydrogens (tertiary/aromatic N) is 3. The van der Waals surface area contributed by atoms with E-state index < -0.39 is 0 Å². The first-order chi connectivity index (χ1) is 14.5. The third kappa shape index (κ3) is 4.81. The second kappa shape index (κ2) is 9.13. The Morgan fingerprint density at radius 1 is 1.20 bits per heavy atom. The molecule has 5 nitrogen and oxygen atoms in total. The SMILES string of the molecule is CC(C)Sc1ccc(CC(=O)N(Cc2ccco2)Cc2nn(C)c3c2CCC3)cc1. The average molecular weight is 424 g/mol. The number of hydrogen-bond donors (Lipinski definition) is 0. The van der Waals surface area contributed by atoms with Gasteiger partial charge in [0.2, 0.25) is 5.91 Å². The number of furan rings is 1. The van der Waals surface area contributed by atoms with Gasteiger partial charge in [-0.25, -0.2) is 0 Å². The van der Waals surface area contributed by atoms with Crippen LogP contribution < -0.4 is 0 Å². The number of fused-ring (bicyclic) bond motifs is 1. The quantitative estimate of drug-likeness (QED) is 0.490. The Balaban J connectivity index is 1.50. The molecule has 0 N–H and O–H groups in total. The van der Waals surface area contributed by atoms with Crippen LogP contribution in [0.25, 0.3) is 0 Å². The topological polar surface area (TPSA) is 51.3 Å². The number of carbonyl (C=O) groups excluding carboxylic acids is 1. The van der Waals surface area contributed by atoms with E-state index in [0.717, 1.165) is 29.9 Å². The molecule has 1 aromatic carbocycles. The molecule has 0 fully saturated rings. The fourth-order valence-electron chi connectivity index (χ4n) is 4.07. The number of thioether (sulfide) groups is 1. The van der Waals surface area contributed by atoms with Crippen LogP contribution in [0.5, 0.6) is 0 Å². The summed E-state index contributed by atoms with van der Waals surface area (Å²) in [6.07, 6.45) is 5.33. The number of aryl methyl sites for hydroxylation is 1. The predicted molar refractivity (Wildman–Crippen MR) is 119 cm³/mol. The summed E-state index contributed by atoms with van der Waals surface area (Å²) in [6.45, 7) is 5.34. The van der Waals surface area contributed by atoms with Crippen molar-refractivity contribution in [2.75, 3.05) is 0 Å². The summed E-state index contributed by atoms with van der Waals surface area (Å²) in [5.74, 6) is 0.882. The monoisotopic (exact) mass is 423 g/mol. The molecule has 0 saturated carbocycles. The molecule has 6 heteroatoms. The number of benzene rings is 1. The van der Waals surface area contributed by atoms with E-state index in [2.05, 4.69) is 38.1 Å². The van der Waals surface area contributed by atoms with Crippen molar-refractivity contribution in [2.45, 2.75) is 62.8 Å². The molecule has 4 rings (SSSR count). The highest BCUT2D eigenvalue weighted by Gasteiger charge is 2.24. The Hall–Kier alpha value is -2.47. The Bertz CT molecular complexity index is 990. The van der Waals surface area contributed by atoms with Crippen LogP contribution in [0.3, 0.4) is 0 Å². The molecule has 1 aliphatic rings. The van der Waals surface area contributed by atoms with Gasteiger partial charge in [0.05, 0.1) is 31.5 Å². The number of rotatable bonds is 8. The van der Waals surface area contributed by atoms with E-state index in [9.17, 15) is 4.79 Å². The summed E-state index contributed by atoms with van der Waals surface area (Å²) < 4.78 is 7.51. The van der Waals surface area contributed by atoms with Crippen molar-refractivity contribution in [1.29, 1.82) is 0 Å². The van der Waals surface area contributed by atoms with Crippen LogP contribution in [0, 0.1) is 0 Å². The zero-order chi connectivity index (χ0) is 21.1. The number of hydrogen-bond acceptors (Lipinski definition) is 4. The number of carbonyl (C=O) groups is 1. The van der Waals surface area contributed by atoms with Crippen LogP contribution in [-0.2, 0) is 44.2 Å². The summed E-state index contributed by atoms with van der Waals surface area (Å²) >= 11 is 1.83. The molecule has 3 aromatic rings. The van der Waals surface area contributed by atoms with E-state index in [0.29, 0.717) is 24.8 Å². The second-order valence-corrected chi connectivity index (χ2v) is 9.82. The lowest BCUT2D eigenvalue weighted by Crippen LogP contribution is -2.31. The van der Waals surface area contributed by atoms with Crippen molar-refractivity contribution in [3.63, 3.8) is 0 Å². The van der Waals surface area contributed by atoms with Crippen molar-refractivity contribution in [3.05, 3.63) is 70.9 Å². The van der Waals surface area contributed by atoms with E-state index in [1.165, 1.54) is 22.6 Å². The maximum Gasteiger partial charge on any atom is 0.227 e. The number of aromatic nitrogens is 2. The minimum Gasteiger partial charge on any atom is -0.467 e. The van der Waals surface area contributed by atoms with Gasteiger partial charge in [-0.1, -0.05) is 26.0 Å². The van der Waals surface area contributed by atoms with Crippen LogP contribution >= 0.6 is 11.8 Å². The molecule has 2 aromatic heterocycles. The smallest absolute Gasteiger partial charge is 0.227 e. The average Bonchev–Trinajstić information content (AvgIpc) is 3.44. The molecule has 158 valence electrons. The van der Waals surface area contributed by atoms with E-state index in [-0.39, 0.29) is 5.91 Å². The molecule has 0 aliphatic heterocycles. The van der Waals surface area contributed by atoms with Gasteiger partial charge in [0, 0.05) is 22.9 Å². The molecule has 1 aliphatic carbocycles. The summed E-state index contributed by atoms with van der Waals surface area (Å²) in [5, 5.41) is 5.26. The Labute approximate surface area is 182 Å². The molecule has 0 atom stereocenters. The summed E-state index contributed by atoms with van der Waals surface area (Å²) in [7, 11) is 2.00. The Morgan fingerprint density at radius 3 is 2.70 bits per heavy atom. The van der Waals surface area contributed by atoms with Gasteiger partial charge in [0.1, 0.15) is 5.76 Å². The molecule has 30 heavy (non-hydrogen) atoms. The van der Waals surface area contributed by atoms with Gasteiger partial charge in [-0.05, 0) is 54.7 Å². The molecule has 0 radical (unpaired) electrons. The lowest BCUT2D eigenvalue weighted by molar-refractivity contribution is -0.132. The lowest BCUT2D eigenvalue weighted by atomic mass is 10.1. The lowest BCUT2D eigenvalue weighted by Gasteiger charge is -2.21. The van der Waals surface area contributed by atoms with Gasteiger partial charge in [-0.2, -0.15) is 5.10 Å². The van der Waals surface area contributed by atoms with E-state index in [1.807, 2.05) is 40.5 Å². The van der Waals surface area contributed by atoms with Crippen LogP contribution in [0.2, 0.25) is 0 Å². The minimum absolute atomic E-state index is 0.0908.